The molecule has 0 aromatic rings. The number of quaternary nitrogens is 1. The normalized spacial score (nSPS) is 14.6. The number of carbonyl (C=O) groups is 1. The van der Waals surface area contributed by atoms with E-state index in [1.54, 1.807) is 0 Å². The number of aliphatic hydroxyl groups is 1. The molecule has 0 aliphatic heterocycles. The van der Waals surface area contributed by atoms with Crippen molar-refractivity contribution < 1.29 is 32.9 Å². The molecule has 0 heterocycles. The van der Waals surface area contributed by atoms with E-state index in [0.29, 0.717) is 23.9 Å². The molecule has 0 saturated heterocycles. The van der Waals surface area contributed by atoms with E-state index in [1.807, 2.05) is 21.1 Å². The Kier molecular flexibility index (Phi) is 52.3. The lowest BCUT2D eigenvalue weighted by Gasteiger charge is -2.26. The predicted molar refractivity (Wildman–Crippen MR) is 318 cm³/mol. The van der Waals surface area contributed by atoms with Crippen LogP contribution < -0.4 is 5.32 Å². The fourth-order valence-electron chi connectivity index (χ4n) is 8.42. The average molecular weight is 1040 g/mol. The molecule has 0 saturated carbocycles. The van der Waals surface area contributed by atoms with E-state index in [0.717, 1.165) is 103 Å². The highest BCUT2D eigenvalue weighted by Crippen LogP contribution is 2.43. The summed E-state index contributed by atoms with van der Waals surface area (Å²) >= 11 is 0. The Morgan fingerprint density at radius 2 is 0.822 bits per heavy atom. The SMILES string of the molecule is CC/C=C\C/C=C\C/C=C\C/C=C\C/C=C\C/C=C\C/C=C\C/C=C\CCCCCCCCC(=O)NC(COP(=O)(O)OCC[N+](C)(C)C)C(O)CCCCCCCCCCCCCCCCCCCCCC. The van der Waals surface area contributed by atoms with Gasteiger partial charge in [0, 0.05) is 6.42 Å². The van der Waals surface area contributed by atoms with Crippen molar-refractivity contribution in [2.75, 3.05) is 40.9 Å². The number of aliphatic hydroxyl groups excluding tert-OH is 1. The van der Waals surface area contributed by atoms with E-state index in [2.05, 4.69) is 116 Å². The van der Waals surface area contributed by atoms with Crippen molar-refractivity contribution in [2.24, 2.45) is 0 Å². The van der Waals surface area contributed by atoms with Crippen molar-refractivity contribution in [1.82, 2.24) is 5.32 Å². The number of nitrogens with zero attached hydrogens (tertiary/aromatic N) is 1. The molecule has 422 valence electrons. The van der Waals surface area contributed by atoms with Crippen LogP contribution in [-0.4, -0.2) is 73.4 Å². The standard InChI is InChI=1S/C64H115N2O6P/c1-6-8-10-12-14-16-18-20-22-24-26-28-29-30-31-32-33-34-35-36-37-38-40-42-44-46-48-50-52-54-56-58-64(68)65-62(61-72-73(69,70)71-60-59-66(3,4)5)63(67)57-55-53-51-49-47-45-43-41-39-27-25-23-21-19-17-15-13-11-9-7-2/h8,10,14,16,20,22,26,28,30-31,33-34,36-37,40,42,62-63,67H,6-7,9,11-13,15,17-19,21,23-25,27,29,32,35,38-39,41,43-61H2,1-5H3,(H-,65,68,69,70)/p+1/b10-8-,16-14-,22-20-,28-26-,31-30-,34-33-,37-36-,42-40-. The second-order valence-corrected chi connectivity index (χ2v) is 22.8. The summed E-state index contributed by atoms with van der Waals surface area (Å²) in [6, 6.07) is -0.776. The van der Waals surface area contributed by atoms with Crippen LogP contribution in [0.2, 0.25) is 0 Å². The van der Waals surface area contributed by atoms with E-state index in [9.17, 15) is 19.4 Å². The zero-order valence-corrected chi connectivity index (χ0v) is 49.0. The Morgan fingerprint density at radius 3 is 1.21 bits per heavy atom. The molecule has 0 aliphatic carbocycles. The van der Waals surface area contributed by atoms with Crippen LogP contribution in [0, 0.1) is 0 Å². The van der Waals surface area contributed by atoms with Gasteiger partial charge in [0.1, 0.15) is 13.2 Å². The number of phosphoric acid groups is 1. The number of rotatable bonds is 54. The predicted octanol–water partition coefficient (Wildman–Crippen LogP) is 18.6. The van der Waals surface area contributed by atoms with Gasteiger partial charge < -0.3 is 19.8 Å². The molecule has 9 heteroatoms. The Labute approximate surface area is 451 Å². The summed E-state index contributed by atoms with van der Waals surface area (Å²) in [5.41, 5.74) is 0. The molecule has 0 aromatic heterocycles. The molecule has 73 heavy (non-hydrogen) atoms. The highest BCUT2D eigenvalue weighted by Gasteiger charge is 2.28. The number of likely N-dealkylation sites (N-methyl/N-ethyl adjacent to an activating group) is 1. The molecule has 3 atom stereocenters. The van der Waals surface area contributed by atoms with Crippen LogP contribution in [0.15, 0.2) is 97.2 Å². The van der Waals surface area contributed by atoms with Gasteiger partial charge in [0.2, 0.25) is 5.91 Å². The van der Waals surface area contributed by atoms with E-state index in [-0.39, 0.29) is 19.1 Å². The molecule has 0 aromatic carbocycles. The zero-order valence-electron chi connectivity index (χ0n) is 48.1. The van der Waals surface area contributed by atoms with Crippen molar-refractivity contribution in [2.45, 2.75) is 264 Å². The molecule has 3 N–H and O–H groups in total. The number of hydrogen-bond donors (Lipinski definition) is 3. The fraction of sp³-hybridized carbons (Fsp3) is 0.734. The van der Waals surface area contributed by atoms with E-state index in [4.69, 9.17) is 9.05 Å². The summed E-state index contributed by atoms with van der Waals surface area (Å²) in [5, 5.41) is 14.1. The highest BCUT2D eigenvalue weighted by molar-refractivity contribution is 7.47. The van der Waals surface area contributed by atoms with Crippen molar-refractivity contribution in [3.63, 3.8) is 0 Å². The maximum absolute atomic E-state index is 13.0. The smallest absolute Gasteiger partial charge is 0.391 e. The van der Waals surface area contributed by atoms with Crippen molar-refractivity contribution in [3.05, 3.63) is 97.2 Å². The van der Waals surface area contributed by atoms with Gasteiger partial charge in [0.25, 0.3) is 0 Å². The molecular formula is C64H116N2O6P+. The minimum Gasteiger partial charge on any atom is -0.391 e. The molecule has 3 unspecified atom stereocenters. The van der Waals surface area contributed by atoms with Gasteiger partial charge in [-0.1, -0.05) is 265 Å². The Balaban J connectivity index is 4.22. The minimum atomic E-state index is -4.34. The third-order valence-electron chi connectivity index (χ3n) is 13.1. The lowest BCUT2D eigenvalue weighted by Crippen LogP contribution is -2.46. The minimum absolute atomic E-state index is 0.0669. The maximum atomic E-state index is 13.0. The fourth-order valence-corrected chi connectivity index (χ4v) is 9.15. The average Bonchev–Trinajstić information content (AvgIpc) is 3.35. The molecule has 0 spiro atoms. The van der Waals surface area contributed by atoms with Crippen LogP contribution in [0.25, 0.3) is 0 Å². The van der Waals surface area contributed by atoms with Crippen LogP contribution in [0.5, 0.6) is 0 Å². The van der Waals surface area contributed by atoms with Crippen LogP contribution in [0.1, 0.15) is 251 Å². The first kappa shape index (κ1) is 70.4. The number of hydrogen-bond acceptors (Lipinski definition) is 5. The van der Waals surface area contributed by atoms with Gasteiger partial charge in [0.15, 0.2) is 0 Å². The quantitative estimate of drug-likeness (QED) is 0.0243. The Hall–Kier alpha value is -2.58. The van der Waals surface area contributed by atoms with Gasteiger partial charge in [0.05, 0.1) is 39.9 Å². The first-order valence-electron chi connectivity index (χ1n) is 30.1. The maximum Gasteiger partial charge on any atom is 0.472 e. The number of phosphoric ester groups is 1. The summed E-state index contributed by atoms with van der Waals surface area (Å²) in [6.45, 7) is 4.77. The van der Waals surface area contributed by atoms with Crippen molar-refractivity contribution >= 4 is 13.7 Å². The van der Waals surface area contributed by atoms with Crippen LogP contribution >= 0.6 is 7.82 Å². The second kappa shape index (κ2) is 54.2. The van der Waals surface area contributed by atoms with Gasteiger partial charge in [-0.25, -0.2) is 4.57 Å². The molecule has 0 bridgehead atoms. The molecule has 0 radical (unpaired) electrons. The number of allylic oxidation sites excluding steroid dienone is 16. The summed E-state index contributed by atoms with van der Waals surface area (Å²) in [5.74, 6) is -0.161. The molecular weight excluding hydrogens is 924 g/mol. The topological polar surface area (TPSA) is 105 Å². The number of nitrogens with one attached hydrogen (secondary N) is 1. The number of unbranched alkanes of at least 4 members (excludes halogenated alkanes) is 25. The zero-order chi connectivity index (χ0) is 53.5. The Morgan fingerprint density at radius 1 is 0.479 bits per heavy atom. The van der Waals surface area contributed by atoms with E-state index >= 15 is 0 Å². The lowest BCUT2D eigenvalue weighted by atomic mass is 10.0. The largest absolute Gasteiger partial charge is 0.472 e. The van der Waals surface area contributed by atoms with Crippen molar-refractivity contribution in [3.8, 4) is 0 Å². The van der Waals surface area contributed by atoms with Gasteiger partial charge in [-0.2, -0.15) is 0 Å². The van der Waals surface area contributed by atoms with Crippen LogP contribution in [0.3, 0.4) is 0 Å². The molecule has 0 aliphatic rings. The van der Waals surface area contributed by atoms with Crippen molar-refractivity contribution in [1.29, 1.82) is 0 Å². The third kappa shape index (κ3) is 57.0. The highest BCUT2D eigenvalue weighted by atomic mass is 31.2. The van der Waals surface area contributed by atoms with Gasteiger partial charge in [-0.15, -0.1) is 0 Å². The summed E-state index contributed by atoms with van der Waals surface area (Å²) in [4.78, 5) is 23.4. The molecule has 1 amide bonds. The van der Waals surface area contributed by atoms with Crippen LogP contribution in [0.4, 0.5) is 0 Å². The summed E-state index contributed by atoms with van der Waals surface area (Å²) in [7, 11) is 1.60. The van der Waals surface area contributed by atoms with Crippen LogP contribution in [-0.2, 0) is 18.4 Å². The van der Waals surface area contributed by atoms with E-state index in [1.165, 1.54) is 122 Å². The molecule has 0 fully saturated rings. The third-order valence-corrected chi connectivity index (χ3v) is 14.1. The lowest BCUT2D eigenvalue weighted by molar-refractivity contribution is -0.870. The summed E-state index contributed by atoms with van der Waals surface area (Å²) < 4.78 is 23.8. The van der Waals surface area contributed by atoms with E-state index < -0.39 is 20.0 Å². The van der Waals surface area contributed by atoms with Gasteiger partial charge >= 0.3 is 7.82 Å². The van der Waals surface area contributed by atoms with Gasteiger partial charge in [-0.3, -0.25) is 13.8 Å². The monoisotopic (exact) mass is 1040 g/mol. The Bertz CT molecular complexity index is 1510. The number of amides is 1. The molecule has 8 nitrogen and oxygen atoms in total. The summed E-state index contributed by atoms with van der Waals surface area (Å²) in [6.07, 6.45) is 77.5. The second-order valence-electron chi connectivity index (χ2n) is 21.3. The number of carbonyl (C=O) groups excluding carboxylic acids is 1. The first-order valence-corrected chi connectivity index (χ1v) is 31.6. The van der Waals surface area contributed by atoms with Gasteiger partial charge in [-0.05, 0) is 77.0 Å². The molecule has 0 rings (SSSR count). The first-order chi connectivity index (χ1) is 35.5.